The van der Waals surface area contributed by atoms with Gasteiger partial charge in [-0.3, -0.25) is 9.78 Å². The van der Waals surface area contributed by atoms with E-state index in [1.165, 1.54) is 13.8 Å². The molecule has 0 spiro atoms. The summed E-state index contributed by atoms with van der Waals surface area (Å²) in [6.07, 6.45) is -3.99. The molecule has 4 nitrogen and oxygen atoms in total. The maximum Gasteiger partial charge on any atom is 0.434 e. The molecular formula is C11H10F3NO3. The largest absolute Gasteiger partial charge is 0.462 e. The number of ketones is 1. The number of Topliss-reactive ketones (excluding diaryl/α,β-unsaturated/α-hetero) is 1. The maximum atomic E-state index is 12.6. The number of alkyl halides is 3. The number of pyridine rings is 1. The lowest BCUT2D eigenvalue weighted by Gasteiger charge is -2.11. The van der Waals surface area contributed by atoms with Crippen molar-refractivity contribution >= 4 is 11.8 Å². The van der Waals surface area contributed by atoms with Crippen LogP contribution in [0.15, 0.2) is 12.3 Å². The lowest BCUT2D eigenvalue weighted by atomic mass is 10.1. The molecule has 0 aliphatic rings. The first-order chi connectivity index (χ1) is 8.27. The number of hydrogen-bond donors (Lipinski definition) is 0. The van der Waals surface area contributed by atoms with Gasteiger partial charge in [0.25, 0.3) is 0 Å². The van der Waals surface area contributed by atoms with Gasteiger partial charge < -0.3 is 4.74 Å². The molecule has 7 heteroatoms. The van der Waals surface area contributed by atoms with Crippen molar-refractivity contribution in [3.8, 4) is 0 Å². The molecule has 1 aromatic rings. The molecule has 1 heterocycles. The second-order valence-electron chi connectivity index (χ2n) is 3.39. The standard InChI is InChI=1S/C11H10F3NO3/c1-3-18-10(17)8-4-7(6(2)16)5-15-9(8)11(12,13)14/h4-5H,3H2,1-2H3. The first-order valence-corrected chi connectivity index (χ1v) is 5.02. The summed E-state index contributed by atoms with van der Waals surface area (Å²) in [7, 11) is 0. The van der Waals surface area contributed by atoms with E-state index in [9.17, 15) is 22.8 Å². The van der Waals surface area contributed by atoms with Crippen LogP contribution in [0.3, 0.4) is 0 Å². The van der Waals surface area contributed by atoms with E-state index < -0.39 is 29.2 Å². The van der Waals surface area contributed by atoms with Crippen LogP contribution in [0.4, 0.5) is 13.2 Å². The highest BCUT2D eigenvalue weighted by Crippen LogP contribution is 2.31. The summed E-state index contributed by atoms with van der Waals surface area (Å²) in [5.74, 6) is -1.64. The van der Waals surface area contributed by atoms with Crippen molar-refractivity contribution in [2.24, 2.45) is 0 Å². The Labute approximate surface area is 101 Å². The molecule has 0 saturated heterocycles. The number of esters is 1. The van der Waals surface area contributed by atoms with Crippen molar-refractivity contribution in [2.75, 3.05) is 6.61 Å². The summed E-state index contributed by atoms with van der Waals surface area (Å²) in [6, 6.07) is 0.843. The third kappa shape index (κ3) is 3.06. The van der Waals surface area contributed by atoms with Gasteiger partial charge in [0.1, 0.15) is 0 Å². The normalized spacial score (nSPS) is 11.2. The van der Waals surface area contributed by atoms with Crippen molar-refractivity contribution < 1.29 is 27.5 Å². The SMILES string of the molecule is CCOC(=O)c1cc(C(C)=O)cnc1C(F)(F)F. The summed E-state index contributed by atoms with van der Waals surface area (Å²) in [5, 5.41) is 0. The van der Waals surface area contributed by atoms with Gasteiger partial charge in [-0.25, -0.2) is 4.79 Å². The first kappa shape index (κ1) is 14.1. The zero-order chi connectivity index (χ0) is 13.9. The fourth-order valence-corrected chi connectivity index (χ4v) is 1.25. The van der Waals surface area contributed by atoms with Crippen LogP contribution >= 0.6 is 0 Å². The van der Waals surface area contributed by atoms with Crippen molar-refractivity contribution in [3.05, 3.63) is 29.1 Å². The average Bonchev–Trinajstić information content (AvgIpc) is 2.27. The van der Waals surface area contributed by atoms with E-state index in [1.54, 1.807) is 0 Å². The average molecular weight is 261 g/mol. The molecule has 0 unspecified atom stereocenters. The Bertz CT molecular complexity index is 483. The Balaban J connectivity index is 3.36. The van der Waals surface area contributed by atoms with Gasteiger partial charge in [-0.15, -0.1) is 0 Å². The van der Waals surface area contributed by atoms with Crippen LogP contribution in [0.5, 0.6) is 0 Å². The molecule has 0 aliphatic heterocycles. The van der Waals surface area contributed by atoms with Gasteiger partial charge in [0.2, 0.25) is 0 Å². The number of rotatable bonds is 3. The third-order valence-electron chi connectivity index (χ3n) is 2.06. The minimum absolute atomic E-state index is 0.0690. The quantitative estimate of drug-likeness (QED) is 0.619. The molecule has 1 aromatic heterocycles. The van der Waals surface area contributed by atoms with E-state index in [1.807, 2.05) is 0 Å². The van der Waals surface area contributed by atoms with Gasteiger partial charge in [-0.2, -0.15) is 13.2 Å². The minimum Gasteiger partial charge on any atom is -0.462 e. The first-order valence-electron chi connectivity index (χ1n) is 5.02. The van der Waals surface area contributed by atoms with Gasteiger partial charge >= 0.3 is 12.1 Å². The highest BCUT2D eigenvalue weighted by Gasteiger charge is 2.38. The van der Waals surface area contributed by atoms with E-state index in [-0.39, 0.29) is 12.2 Å². The summed E-state index contributed by atoms with van der Waals surface area (Å²) in [5.41, 5.74) is -2.19. The monoisotopic (exact) mass is 261 g/mol. The third-order valence-corrected chi connectivity index (χ3v) is 2.06. The molecule has 0 bridgehead atoms. The Morgan fingerprint density at radius 1 is 1.39 bits per heavy atom. The van der Waals surface area contributed by atoms with Gasteiger partial charge in [0.15, 0.2) is 11.5 Å². The van der Waals surface area contributed by atoms with Gasteiger partial charge in [0, 0.05) is 11.8 Å². The Morgan fingerprint density at radius 2 is 2.00 bits per heavy atom. The molecule has 0 aromatic carbocycles. The van der Waals surface area contributed by atoms with Crippen molar-refractivity contribution in [2.45, 2.75) is 20.0 Å². The lowest BCUT2D eigenvalue weighted by molar-refractivity contribution is -0.141. The molecule has 0 N–H and O–H groups in total. The molecular weight excluding hydrogens is 251 g/mol. The minimum atomic E-state index is -4.78. The van der Waals surface area contributed by atoms with Crippen molar-refractivity contribution in [1.29, 1.82) is 0 Å². The second-order valence-corrected chi connectivity index (χ2v) is 3.39. The maximum absolute atomic E-state index is 12.6. The summed E-state index contributed by atoms with van der Waals surface area (Å²) < 4.78 is 42.4. The van der Waals surface area contributed by atoms with Crippen LogP contribution < -0.4 is 0 Å². The van der Waals surface area contributed by atoms with E-state index in [2.05, 4.69) is 9.72 Å². The Hall–Kier alpha value is -1.92. The summed E-state index contributed by atoms with van der Waals surface area (Å²) >= 11 is 0. The Kier molecular flexibility index (Phi) is 4.05. The molecule has 0 radical (unpaired) electrons. The van der Waals surface area contributed by atoms with Crippen LogP contribution in [0.1, 0.15) is 40.3 Å². The second kappa shape index (κ2) is 5.16. The smallest absolute Gasteiger partial charge is 0.434 e. The lowest BCUT2D eigenvalue weighted by Crippen LogP contribution is -2.18. The van der Waals surface area contributed by atoms with Crippen LogP contribution in [-0.4, -0.2) is 23.3 Å². The van der Waals surface area contributed by atoms with Crippen LogP contribution in [0.2, 0.25) is 0 Å². The summed E-state index contributed by atoms with van der Waals surface area (Å²) in [6.45, 7) is 2.56. The number of carbonyl (C=O) groups is 2. The predicted molar refractivity (Wildman–Crippen MR) is 55.2 cm³/mol. The van der Waals surface area contributed by atoms with E-state index in [4.69, 9.17) is 0 Å². The van der Waals surface area contributed by atoms with Crippen molar-refractivity contribution in [1.82, 2.24) is 4.98 Å². The zero-order valence-electron chi connectivity index (χ0n) is 9.67. The molecule has 0 amide bonds. The molecule has 0 aliphatic carbocycles. The van der Waals surface area contributed by atoms with E-state index in [0.29, 0.717) is 0 Å². The van der Waals surface area contributed by atoms with Crippen LogP contribution in [0.25, 0.3) is 0 Å². The fraction of sp³-hybridized carbons (Fsp3) is 0.364. The van der Waals surface area contributed by atoms with Gasteiger partial charge in [0.05, 0.1) is 12.2 Å². The number of aromatic nitrogens is 1. The molecule has 98 valence electrons. The molecule has 1 rings (SSSR count). The van der Waals surface area contributed by atoms with Gasteiger partial charge in [-0.05, 0) is 19.9 Å². The molecule has 0 saturated carbocycles. The number of carbonyl (C=O) groups excluding carboxylic acids is 2. The van der Waals surface area contributed by atoms with E-state index in [0.717, 1.165) is 12.3 Å². The topological polar surface area (TPSA) is 56.3 Å². The number of ether oxygens (including phenoxy) is 1. The van der Waals surface area contributed by atoms with Crippen LogP contribution in [-0.2, 0) is 10.9 Å². The fourth-order valence-electron chi connectivity index (χ4n) is 1.25. The highest BCUT2D eigenvalue weighted by atomic mass is 19.4. The molecule has 0 atom stereocenters. The highest BCUT2D eigenvalue weighted by molar-refractivity contribution is 5.98. The zero-order valence-corrected chi connectivity index (χ0v) is 9.67. The Morgan fingerprint density at radius 3 is 2.44 bits per heavy atom. The van der Waals surface area contributed by atoms with Crippen molar-refractivity contribution in [3.63, 3.8) is 0 Å². The van der Waals surface area contributed by atoms with Crippen LogP contribution in [0, 0.1) is 0 Å². The van der Waals surface area contributed by atoms with E-state index >= 15 is 0 Å². The number of halogens is 3. The molecule has 18 heavy (non-hydrogen) atoms. The number of nitrogens with zero attached hydrogens (tertiary/aromatic N) is 1. The number of hydrogen-bond acceptors (Lipinski definition) is 4. The van der Waals surface area contributed by atoms with Gasteiger partial charge in [-0.1, -0.05) is 0 Å². The summed E-state index contributed by atoms with van der Waals surface area (Å²) in [4.78, 5) is 25.6. The predicted octanol–water partition coefficient (Wildman–Crippen LogP) is 2.48. The molecule has 0 fully saturated rings.